The average Bonchev–Trinajstić information content (AvgIpc) is 3.75. The number of hydrogen-bond acceptors (Lipinski definition) is 1. The molecule has 0 amide bonds. The molecule has 1 aromatic heterocycles. The second-order valence-corrected chi connectivity index (χ2v) is 17.0. The first kappa shape index (κ1) is 31.8. The molecule has 0 aliphatic heterocycles. The molecule has 0 unspecified atom stereocenters. The maximum atomic E-state index is 2.49. The lowest BCUT2D eigenvalue weighted by Crippen LogP contribution is -2.14. The van der Waals surface area contributed by atoms with Gasteiger partial charge in [0.25, 0.3) is 0 Å². The number of thiophene rings is 1. The highest BCUT2D eigenvalue weighted by molar-refractivity contribution is 7.26. The van der Waals surface area contributed by atoms with E-state index in [1.807, 2.05) is 11.3 Å². The molecule has 0 bridgehead atoms. The van der Waals surface area contributed by atoms with Crippen LogP contribution in [0.2, 0.25) is 0 Å². The molecule has 0 radical (unpaired) electrons. The van der Waals surface area contributed by atoms with E-state index in [4.69, 9.17) is 0 Å². The Morgan fingerprint density at radius 2 is 0.929 bits per heavy atom. The second-order valence-electron chi connectivity index (χ2n) is 15.9. The van der Waals surface area contributed by atoms with Gasteiger partial charge in [0.2, 0.25) is 0 Å². The summed E-state index contributed by atoms with van der Waals surface area (Å²) in [5.74, 6) is 0. The fraction of sp³-hybridized carbons (Fsp3) is 0.0545. The van der Waals surface area contributed by atoms with Crippen LogP contribution in [-0.2, 0) is 5.41 Å². The lowest BCUT2D eigenvalue weighted by Gasteiger charge is -2.22. The molecule has 56 heavy (non-hydrogen) atoms. The summed E-state index contributed by atoms with van der Waals surface area (Å²) in [6, 6.07) is 68.0. The minimum absolute atomic E-state index is 0.124. The molecule has 0 atom stereocenters. The monoisotopic (exact) mass is 728 g/mol. The highest BCUT2D eigenvalue weighted by Gasteiger charge is 2.37. The lowest BCUT2D eigenvalue weighted by molar-refractivity contribution is 0.661. The number of benzene rings is 10. The van der Waals surface area contributed by atoms with E-state index in [1.165, 1.54) is 119 Å². The van der Waals surface area contributed by atoms with Crippen LogP contribution in [0.1, 0.15) is 25.0 Å². The Morgan fingerprint density at radius 3 is 1.64 bits per heavy atom. The molecule has 1 heteroatoms. The van der Waals surface area contributed by atoms with Gasteiger partial charge in [0, 0.05) is 31.2 Å². The molecule has 1 heterocycles. The summed E-state index contributed by atoms with van der Waals surface area (Å²) in [5, 5.41) is 13.1. The predicted molar refractivity (Wildman–Crippen MR) is 243 cm³/mol. The van der Waals surface area contributed by atoms with E-state index in [-0.39, 0.29) is 5.41 Å². The standard InChI is InChI=1S/C55H36S/c1-55(2)47-30-29-46-52-37-17-7-6-14-33(37)25-31-49(52)56-54(46)53(47)45-26-24-35(32-48(45)55)36-27-28-44(39-19-9-8-18-38(36)39)51-42-22-12-10-20-40(42)50(34-15-4-3-5-16-34)41-21-11-13-23-43(41)51/h3-32H,1-2H3. The van der Waals surface area contributed by atoms with Crippen LogP contribution < -0.4 is 0 Å². The van der Waals surface area contributed by atoms with E-state index in [2.05, 4.69) is 196 Å². The summed E-state index contributed by atoms with van der Waals surface area (Å²) < 4.78 is 2.76. The van der Waals surface area contributed by atoms with Crippen LogP contribution in [0.15, 0.2) is 182 Å². The Bertz CT molecular complexity index is 3380. The summed E-state index contributed by atoms with van der Waals surface area (Å²) in [6.45, 7) is 4.82. The zero-order valence-electron chi connectivity index (χ0n) is 31.2. The molecule has 12 rings (SSSR count). The first-order valence-corrected chi connectivity index (χ1v) is 20.4. The van der Waals surface area contributed by atoms with Gasteiger partial charge in [0.1, 0.15) is 0 Å². The molecule has 0 saturated carbocycles. The van der Waals surface area contributed by atoms with E-state index in [0.717, 1.165) is 0 Å². The largest absolute Gasteiger partial charge is 0.134 e. The molecule has 0 nitrogen and oxygen atoms in total. The van der Waals surface area contributed by atoms with Gasteiger partial charge < -0.3 is 0 Å². The molecule has 262 valence electrons. The molecule has 1 aliphatic carbocycles. The molecule has 0 fully saturated rings. The van der Waals surface area contributed by atoms with Crippen molar-refractivity contribution >= 4 is 74.6 Å². The highest BCUT2D eigenvalue weighted by atomic mass is 32.1. The summed E-state index contributed by atoms with van der Waals surface area (Å²) in [7, 11) is 0. The topological polar surface area (TPSA) is 0 Å². The number of fused-ring (bicyclic) bond motifs is 12. The predicted octanol–water partition coefficient (Wildman–Crippen LogP) is 16.0. The normalized spacial score (nSPS) is 13.3. The maximum absolute atomic E-state index is 2.49. The van der Waals surface area contributed by atoms with E-state index in [0.29, 0.717) is 0 Å². The third-order valence-electron chi connectivity index (χ3n) is 12.7. The van der Waals surface area contributed by atoms with Crippen molar-refractivity contribution in [2.75, 3.05) is 0 Å². The molecule has 10 aromatic carbocycles. The molecule has 11 aromatic rings. The Hall–Kier alpha value is -6.54. The highest BCUT2D eigenvalue weighted by Crippen LogP contribution is 2.55. The second kappa shape index (κ2) is 11.7. The molecule has 1 aliphatic rings. The smallest absolute Gasteiger partial charge is 0.0437 e. The van der Waals surface area contributed by atoms with Crippen LogP contribution >= 0.6 is 11.3 Å². The fourth-order valence-corrected chi connectivity index (χ4v) is 11.4. The van der Waals surface area contributed by atoms with Crippen molar-refractivity contribution in [2.45, 2.75) is 19.3 Å². The first-order valence-electron chi connectivity index (χ1n) is 19.6. The summed E-state index contributed by atoms with van der Waals surface area (Å²) >= 11 is 1.95. The molecule has 0 N–H and O–H groups in total. The van der Waals surface area contributed by atoms with E-state index < -0.39 is 0 Å². The summed E-state index contributed by atoms with van der Waals surface area (Å²) in [6.07, 6.45) is 0. The lowest BCUT2D eigenvalue weighted by atomic mass is 9.81. The van der Waals surface area contributed by atoms with Gasteiger partial charge in [-0.05, 0) is 105 Å². The number of rotatable bonds is 3. The van der Waals surface area contributed by atoms with Gasteiger partial charge in [-0.25, -0.2) is 0 Å². The van der Waals surface area contributed by atoms with E-state index in [9.17, 15) is 0 Å². The maximum Gasteiger partial charge on any atom is 0.0437 e. The van der Waals surface area contributed by atoms with E-state index in [1.54, 1.807) is 0 Å². The van der Waals surface area contributed by atoms with Crippen LogP contribution in [0.4, 0.5) is 0 Å². The summed E-state index contributed by atoms with van der Waals surface area (Å²) in [5.41, 5.74) is 13.1. The third kappa shape index (κ3) is 4.35. The van der Waals surface area contributed by atoms with Gasteiger partial charge in [-0.3, -0.25) is 0 Å². The quantitative estimate of drug-likeness (QED) is 0.159. The Kier molecular flexibility index (Phi) is 6.66. The molecule has 0 saturated heterocycles. The van der Waals surface area contributed by atoms with Crippen LogP contribution in [0.3, 0.4) is 0 Å². The third-order valence-corrected chi connectivity index (χ3v) is 13.9. The first-order chi connectivity index (χ1) is 27.6. The number of hydrogen-bond donors (Lipinski definition) is 0. The zero-order valence-corrected chi connectivity index (χ0v) is 32.0. The van der Waals surface area contributed by atoms with Crippen LogP contribution in [-0.4, -0.2) is 0 Å². The van der Waals surface area contributed by atoms with E-state index >= 15 is 0 Å². The van der Waals surface area contributed by atoms with Gasteiger partial charge in [-0.1, -0.05) is 184 Å². The SMILES string of the molecule is CC1(C)c2cc(-c3ccc(-c4c5ccccc5c(-c5ccccc5)c5ccccc45)c4ccccc34)ccc2-c2c1ccc1c2sc2ccc3ccccc3c21. The minimum atomic E-state index is -0.124. The van der Waals surface area contributed by atoms with Crippen molar-refractivity contribution in [2.24, 2.45) is 0 Å². The zero-order chi connectivity index (χ0) is 37.1. The van der Waals surface area contributed by atoms with Gasteiger partial charge in [-0.15, -0.1) is 11.3 Å². The Labute approximate surface area is 329 Å². The van der Waals surface area contributed by atoms with Crippen LogP contribution in [0.25, 0.3) is 108 Å². The van der Waals surface area contributed by atoms with Gasteiger partial charge >= 0.3 is 0 Å². The van der Waals surface area contributed by atoms with Crippen LogP contribution in [0, 0.1) is 0 Å². The van der Waals surface area contributed by atoms with Crippen molar-refractivity contribution in [1.82, 2.24) is 0 Å². The van der Waals surface area contributed by atoms with Crippen molar-refractivity contribution in [1.29, 1.82) is 0 Å². The van der Waals surface area contributed by atoms with Gasteiger partial charge in [0.15, 0.2) is 0 Å². The van der Waals surface area contributed by atoms with Crippen molar-refractivity contribution in [3.05, 3.63) is 193 Å². The van der Waals surface area contributed by atoms with Crippen molar-refractivity contribution in [3.8, 4) is 44.5 Å². The summed E-state index contributed by atoms with van der Waals surface area (Å²) in [4.78, 5) is 0. The average molecular weight is 729 g/mol. The minimum Gasteiger partial charge on any atom is -0.134 e. The van der Waals surface area contributed by atoms with Crippen molar-refractivity contribution in [3.63, 3.8) is 0 Å². The van der Waals surface area contributed by atoms with Crippen molar-refractivity contribution < 1.29 is 0 Å². The Morgan fingerprint density at radius 1 is 0.357 bits per heavy atom. The molecule has 0 spiro atoms. The Balaban J connectivity index is 1.06. The molecular weight excluding hydrogens is 693 g/mol. The van der Waals surface area contributed by atoms with Gasteiger partial charge in [-0.2, -0.15) is 0 Å². The van der Waals surface area contributed by atoms with Gasteiger partial charge in [0.05, 0.1) is 0 Å². The fourth-order valence-electron chi connectivity index (χ4n) is 10.1. The van der Waals surface area contributed by atoms with Crippen LogP contribution in [0.5, 0.6) is 0 Å². The molecular formula is C55H36S.